The number of rotatable bonds is 3. The zero-order chi connectivity index (χ0) is 17.4. The predicted octanol–water partition coefficient (Wildman–Crippen LogP) is 5.23. The van der Waals surface area contributed by atoms with Crippen molar-refractivity contribution in [3.05, 3.63) is 71.5 Å². The lowest BCUT2D eigenvalue weighted by Crippen LogP contribution is -2.35. The van der Waals surface area contributed by atoms with E-state index in [9.17, 15) is 0 Å². The van der Waals surface area contributed by atoms with Gasteiger partial charge in [0.25, 0.3) is 5.82 Å². The van der Waals surface area contributed by atoms with Gasteiger partial charge in [0.2, 0.25) is 0 Å². The van der Waals surface area contributed by atoms with Gasteiger partial charge in [-0.3, -0.25) is 0 Å². The standard InChI is InChI=1S/C22H24N2/c1-16-10-6-9-15-20(16)24-17(2)21(18-11-7-8-12-18)23-22(24)19-13-4-3-5-14-19/h3-6,9-10,13-15,18H,7-8,11-12H2,1-2H3/p+1/i/hD. The van der Waals surface area contributed by atoms with Gasteiger partial charge in [0, 0.05) is 12.8 Å². The molecule has 1 saturated carbocycles. The second-order valence-electron chi connectivity index (χ2n) is 6.88. The topological polar surface area (TPSA) is 19.7 Å². The van der Waals surface area contributed by atoms with Gasteiger partial charge < -0.3 is 0 Å². The number of hydrogen-bond acceptors (Lipinski definition) is 0. The molecule has 1 fully saturated rings. The number of nitrogens with zero attached hydrogens (tertiary/aromatic N) is 1. The van der Waals surface area contributed by atoms with Crippen LogP contribution in [0.25, 0.3) is 17.1 Å². The van der Waals surface area contributed by atoms with Crippen LogP contribution >= 0.6 is 0 Å². The number of imidazole rings is 1. The fourth-order valence-corrected chi connectivity index (χ4v) is 3.99. The second-order valence-corrected chi connectivity index (χ2v) is 6.88. The van der Waals surface area contributed by atoms with Crippen LogP contribution in [0.3, 0.4) is 0 Å². The van der Waals surface area contributed by atoms with E-state index in [4.69, 9.17) is 1.41 Å². The van der Waals surface area contributed by atoms with Crippen molar-refractivity contribution in [3.63, 3.8) is 0 Å². The highest BCUT2D eigenvalue weighted by atomic mass is 15.1. The Balaban J connectivity index is 2.01. The van der Waals surface area contributed by atoms with Crippen molar-refractivity contribution in [1.29, 1.82) is 0 Å². The zero-order valence-electron chi connectivity index (χ0n) is 15.5. The third-order valence-corrected chi connectivity index (χ3v) is 5.27. The molecule has 1 aliphatic carbocycles. The van der Waals surface area contributed by atoms with E-state index < -0.39 is 0 Å². The molecule has 0 atom stereocenters. The quantitative estimate of drug-likeness (QED) is 0.638. The molecule has 0 bridgehead atoms. The normalized spacial score (nSPS) is 15.7. The van der Waals surface area contributed by atoms with Gasteiger partial charge in [-0.1, -0.05) is 49.2 Å². The Morgan fingerprint density at radius 1 is 0.958 bits per heavy atom. The number of aryl methyl sites for hydroxylation is 1. The summed E-state index contributed by atoms with van der Waals surface area (Å²) in [5.41, 5.74) is 5.88. The minimum absolute atomic E-state index is 0.505. The van der Waals surface area contributed by atoms with Crippen LogP contribution < -0.4 is 4.57 Å². The average molecular weight is 318 g/mol. The van der Waals surface area contributed by atoms with Gasteiger partial charge in [-0.05, 0) is 43.5 Å². The molecule has 122 valence electrons. The molecule has 0 aliphatic heterocycles. The van der Waals surface area contributed by atoms with Gasteiger partial charge in [0.05, 0.1) is 5.56 Å². The van der Waals surface area contributed by atoms with E-state index >= 15 is 0 Å². The highest BCUT2D eigenvalue weighted by Crippen LogP contribution is 2.35. The SMILES string of the molecule is [2H]n1c(C2CCCC2)c(C)[n+](-c2ccccc2C)c1-c1ccccc1. The number of H-pyrrole nitrogens is 1. The maximum absolute atomic E-state index is 8.93. The summed E-state index contributed by atoms with van der Waals surface area (Å²) in [7, 11) is 0. The predicted molar refractivity (Wildman–Crippen MR) is 98.4 cm³/mol. The third kappa shape index (κ3) is 2.56. The molecule has 0 spiro atoms. The summed E-state index contributed by atoms with van der Waals surface area (Å²) in [6.07, 6.45) is 4.96. The molecule has 0 amide bonds. The van der Waals surface area contributed by atoms with Crippen molar-refractivity contribution < 1.29 is 5.98 Å². The van der Waals surface area contributed by atoms with Gasteiger partial charge in [0.15, 0.2) is 0 Å². The average Bonchev–Trinajstić information content (AvgIpc) is 3.23. The lowest BCUT2D eigenvalue weighted by molar-refractivity contribution is -0.589. The van der Waals surface area contributed by atoms with E-state index in [1.54, 1.807) is 4.98 Å². The molecule has 3 aromatic rings. The van der Waals surface area contributed by atoms with Gasteiger partial charge in [-0.15, -0.1) is 0 Å². The third-order valence-electron chi connectivity index (χ3n) is 5.27. The Labute approximate surface area is 145 Å². The molecule has 24 heavy (non-hydrogen) atoms. The number of para-hydroxylation sites is 1. The molecule has 0 unspecified atom stereocenters. The summed E-state index contributed by atoms with van der Waals surface area (Å²) in [6, 6.07) is 18.8. The Morgan fingerprint density at radius 2 is 1.62 bits per heavy atom. The van der Waals surface area contributed by atoms with E-state index in [-0.39, 0.29) is 0 Å². The molecular formula is C22H25N2+. The number of aromatic nitrogens is 2. The van der Waals surface area contributed by atoms with E-state index in [1.807, 2.05) is 6.07 Å². The first kappa shape index (κ1) is 14.0. The van der Waals surface area contributed by atoms with Crippen molar-refractivity contribution >= 4 is 0 Å². The lowest BCUT2D eigenvalue weighted by Gasteiger charge is -2.07. The Hall–Kier alpha value is -2.35. The Bertz CT molecular complexity index is 890. The van der Waals surface area contributed by atoms with Gasteiger partial charge in [-0.2, -0.15) is 4.57 Å². The Kier molecular flexibility index (Phi) is 3.67. The maximum atomic E-state index is 8.93. The molecule has 1 aromatic heterocycles. The minimum atomic E-state index is 0.505. The number of hydrogen-bond donors (Lipinski definition) is 1. The molecule has 2 nitrogen and oxygen atoms in total. The van der Waals surface area contributed by atoms with Crippen LogP contribution in [0.2, 0.25) is 1.41 Å². The summed E-state index contributed by atoms with van der Waals surface area (Å²) in [5, 5.41) is 0. The van der Waals surface area contributed by atoms with Crippen LogP contribution in [-0.2, 0) is 0 Å². The summed E-state index contributed by atoms with van der Waals surface area (Å²) in [5.74, 6) is 1.46. The highest BCUT2D eigenvalue weighted by molar-refractivity contribution is 5.54. The van der Waals surface area contributed by atoms with Gasteiger partial charge >= 0.3 is 1.41 Å². The van der Waals surface area contributed by atoms with E-state index in [1.165, 1.54) is 48.3 Å². The van der Waals surface area contributed by atoms with E-state index in [2.05, 4.69) is 66.9 Å². The number of aromatic amines is 1. The summed E-state index contributed by atoms with van der Waals surface area (Å²) >= 11 is 0. The molecule has 0 radical (unpaired) electrons. The minimum Gasteiger partial charge on any atom is -0.240 e. The molecule has 1 heterocycles. The highest BCUT2D eigenvalue weighted by Gasteiger charge is 2.31. The molecule has 2 aromatic carbocycles. The Morgan fingerprint density at radius 3 is 2.33 bits per heavy atom. The number of benzene rings is 2. The van der Waals surface area contributed by atoms with Gasteiger partial charge in [-0.25, -0.2) is 4.98 Å². The number of nitrogens with one attached hydrogen (secondary N) is 1. The largest absolute Gasteiger partial charge is 0.312 e. The van der Waals surface area contributed by atoms with Crippen LogP contribution in [0.15, 0.2) is 54.6 Å². The zero-order valence-corrected chi connectivity index (χ0v) is 14.5. The van der Waals surface area contributed by atoms with Gasteiger partial charge in [0.1, 0.15) is 17.1 Å². The molecule has 2 heteroatoms. The first-order valence-corrected chi connectivity index (χ1v) is 8.96. The molecule has 4 rings (SSSR count). The first-order valence-electron chi connectivity index (χ1n) is 9.41. The molecule has 0 saturated heterocycles. The van der Waals surface area contributed by atoms with Crippen molar-refractivity contribution in [3.8, 4) is 17.1 Å². The maximum Gasteiger partial charge on any atom is 0.312 e. The fraction of sp³-hybridized carbons (Fsp3) is 0.318. The lowest BCUT2D eigenvalue weighted by atomic mass is 10.0. The van der Waals surface area contributed by atoms with Crippen molar-refractivity contribution in [2.75, 3.05) is 0 Å². The monoisotopic (exact) mass is 318 g/mol. The summed E-state index contributed by atoms with van der Waals surface area (Å²) < 4.78 is 11.2. The first-order chi connectivity index (χ1) is 12.2. The summed E-state index contributed by atoms with van der Waals surface area (Å²) in [6.45, 7) is 4.32. The van der Waals surface area contributed by atoms with Crippen molar-refractivity contribution in [1.82, 2.24) is 4.98 Å². The fourth-order valence-electron chi connectivity index (χ4n) is 3.99. The van der Waals surface area contributed by atoms with Crippen LogP contribution in [0.5, 0.6) is 0 Å². The molecular weight excluding hydrogens is 292 g/mol. The van der Waals surface area contributed by atoms with Crippen LogP contribution in [0.1, 0.15) is 48.6 Å². The van der Waals surface area contributed by atoms with Crippen molar-refractivity contribution in [2.24, 2.45) is 0 Å². The second kappa shape index (κ2) is 6.27. The van der Waals surface area contributed by atoms with Crippen molar-refractivity contribution in [2.45, 2.75) is 45.4 Å². The van der Waals surface area contributed by atoms with Crippen LogP contribution in [0.4, 0.5) is 0 Å². The van der Waals surface area contributed by atoms with Crippen LogP contribution in [-0.4, -0.2) is 4.98 Å². The summed E-state index contributed by atoms with van der Waals surface area (Å²) in [4.78, 5) is 1.70. The molecule has 1 aliphatic rings. The smallest absolute Gasteiger partial charge is 0.240 e. The van der Waals surface area contributed by atoms with E-state index in [0.717, 1.165) is 11.4 Å². The molecule has 1 N–H and O–H groups in total. The van der Waals surface area contributed by atoms with E-state index in [0.29, 0.717) is 5.92 Å². The van der Waals surface area contributed by atoms with Crippen LogP contribution in [0, 0.1) is 13.8 Å².